The number of aromatic nitrogens is 2. The Hall–Kier alpha value is -2.12. The minimum Gasteiger partial charge on any atom is -0.283 e. The van der Waals surface area contributed by atoms with Gasteiger partial charge in [-0.25, -0.2) is 13.1 Å². The maximum atomic E-state index is 12.2. The summed E-state index contributed by atoms with van der Waals surface area (Å²) in [6.07, 6.45) is 3.52. The van der Waals surface area contributed by atoms with E-state index in [9.17, 15) is 8.42 Å². The van der Waals surface area contributed by atoms with Crippen molar-refractivity contribution in [2.24, 2.45) is 0 Å². The maximum absolute atomic E-state index is 12.2. The Morgan fingerprint density at radius 2 is 1.74 bits per heavy atom. The summed E-state index contributed by atoms with van der Waals surface area (Å²) in [5, 5.41) is 4.18. The summed E-state index contributed by atoms with van der Waals surface area (Å²) < 4.78 is 29.5. The molecular formula is C16H14BrN3O2S. The summed E-state index contributed by atoms with van der Waals surface area (Å²) in [5.74, 6) is -0.0539. The van der Waals surface area contributed by atoms with Crippen LogP contribution >= 0.6 is 15.9 Å². The molecule has 1 heterocycles. The van der Waals surface area contributed by atoms with Crippen molar-refractivity contribution >= 4 is 31.6 Å². The van der Waals surface area contributed by atoms with E-state index in [1.807, 2.05) is 24.4 Å². The van der Waals surface area contributed by atoms with Crippen LogP contribution in [0.15, 0.2) is 71.5 Å². The maximum Gasteiger partial charge on any atom is 0.236 e. The first-order valence-corrected chi connectivity index (χ1v) is 9.31. The van der Waals surface area contributed by atoms with Crippen molar-refractivity contribution in [1.29, 1.82) is 0 Å². The van der Waals surface area contributed by atoms with Gasteiger partial charge >= 0.3 is 0 Å². The zero-order valence-electron chi connectivity index (χ0n) is 12.1. The van der Waals surface area contributed by atoms with E-state index in [1.54, 1.807) is 47.3 Å². The number of nitrogens with zero attached hydrogens (tertiary/aromatic N) is 2. The fraction of sp³-hybridized carbons (Fsp3) is 0.0625. The molecule has 0 bridgehead atoms. The Kier molecular flexibility index (Phi) is 4.49. The van der Waals surface area contributed by atoms with E-state index in [1.165, 1.54) is 0 Å². The Morgan fingerprint density at radius 3 is 2.35 bits per heavy atom. The summed E-state index contributed by atoms with van der Waals surface area (Å²) in [7, 11) is -3.44. The van der Waals surface area contributed by atoms with Crippen molar-refractivity contribution in [2.75, 3.05) is 4.72 Å². The molecule has 1 aromatic heterocycles. The van der Waals surface area contributed by atoms with Crippen molar-refractivity contribution in [1.82, 2.24) is 9.78 Å². The van der Waals surface area contributed by atoms with E-state index < -0.39 is 10.0 Å². The average Bonchev–Trinajstić information content (AvgIpc) is 2.95. The highest BCUT2D eigenvalue weighted by molar-refractivity contribution is 9.10. The molecule has 0 aliphatic heterocycles. The summed E-state index contributed by atoms with van der Waals surface area (Å²) in [4.78, 5) is 0. The lowest BCUT2D eigenvalue weighted by molar-refractivity contribution is 0.600. The zero-order valence-corrected chi connectivity index (χ0v) is 14.5. The van der Waals surface area contributed by atoms with E-state index in [-0.39, 0.29) is 5.75 Å². The van der Waals surface area contributed by atoms with Gasteiger partial charge in [0.1, 0.15) is 0 Å². The van der Waals surface area contributed by atoms with E-state index in [2.05, 4.69) is 25.8 Å². The molecule has 0 unspecified atom stereocenters. The summed E-state index contributed by atoms with van der Waals surface area (Å²) in [6.45, 7) is 0. The first kappa shape index (κ1) is 15.8. The van der Waals surface area contributed by atoms with Crippen LogP contribution in [0, 0.1) is 0 Å². The fourth-order valence-electron chi connectivity index (χ4n) is 2.13. The molecule has 7 heteroatoms. The molecule has 0 saturated heterocycles. The molecule has 0 radical (unpaired) electrons. The summed E-state index contributed by atoms with van der Waals surface area (Å²) >= 11 is 3.34. The van der Waals surface area contributed by atoms with Gasteiger partial charge in [-0.05, 0) is 45.8 Å². The normalized spacial score (nSPS) is 11.3. The molecule has 0 amide bonds. The minimum absolute atomic E-state index is 0.0539. The highest BCUT2D eigenvalue weighted by atomic mass is 79.9. The van der Waals surface area contributed by atoms with Gasteiger partial charge in [0, 0.05) is 11.9 Å². The third kappa shape index (κ3) is 4.20. The Bertz CT molecular complexity index is 891. The van der Waals surface area contributed by atoms with Gasteiger partial charge in [0.25, 0.3) is 0 Å². The predicted molar refractivity (Wildman–Crippen MR) is 94.0 cm³/mol. The van der Waals surface area contributed by atoms with Crippen molar-refractivity contribution in [3.8, 4) is 5.69 Å². The molecule has 3 rings (SSSR count). The van der Waals surface area contributed by atoms with Crippen molar-refractivity contribution in [3.05, 3.63) is 77.0 Å². The van der Waals surface area contributed by atoms with Gasteiger partial charge in [-0.15, -0.1) is 0 Å². The van der Waals surface area contributed by atoms with Gasteiger partial charge in [-0.2, -0.15) is 5.10 Å². The molecule has 0 saturated carbocycles. The van der Waals surface area contributed by atoms with Gasteiger partial charge in [0.2, 0.25) is 10.0 Å². The van der Waals surface area contributed by atoms with Crippen molar-refractivity contribution < 1.29 is 8.42 Å². The van der Waals surface area contributed by atoms with Crippen LogP contribution in [0.25, 0.3) is 5.69 Å². The van der Waals surface area contributed by atoms with Crippen LogP contribution in [0.5, 0.6) is 0 Å². The third-order valence-electron chi connectivity index (χ3n) is 3.16. The Morgan fingerprint density at radius 1 is 1.04 bits per heavy atom. The second-order valence-electron chi connectivity index (χ2n) is 5.00. The van der Waals surface area contributed by atoms with Crippen LogP contribution in [0.2, 0.25) is 0 Å². The number of anilines is 1. The lowest BCUT2D eigenvalue weighted by atomic mass is 10.2. The molecule has 0 aliphatic carbocycles. The summed E-state index contributed by atoms with van der Waals surface area (Å²) in [5.41, 5.74) is 2.12. The largest absolute Gasteiger partial charge is 0.283 e. The van der Waals surface area contributed by atoms with E-state index in [4.69, 9.17) is 0 Å². The Balaban J connectivity index is 1.72. The molecule has 5 nitrogen and oxygen atoms in total. The number of hydrogen-bond acceptors (Lipinski definition) is 3. The molecular weight excluding hydrogens is 378 g/mol. The summed E-state index contributed by atoms with van der Waals surface area (Å²) in [6, 6.07) is 16.1. The number of nitrogens with one attached hydrogen (secondary N) is 1. The van der Waals surface area contributed by atoms with Gasteiger partial charge in [-0.3, -0.25) is 4.72 Å². The van der Waals surface area contributed by atoms with Gasteiger partial charge in [-0.1, -0.05) is 30.3 Å². The van der Waals surface area contributed by atoms with Gasteiger partial charge in [0.15, 0.2) is 0 Å². The smallest absolute Gasteiger partial charge is 0.236 e. The monoisotopic (exact) mass is 391 g/mol. The third-order valence-corrected chi connectivity index (χ3v) is 4.83. The number of benzene rings is 2. The molecule has 23 heavy (non-hydrogen) atoms. The quantitative estimate of drug-likeness (QED) is 0.722. The van der Waals surface area contributed by atoms with Crippen molar-refractivity contribution in [2.45, 2.75) is 5.75 Å². The van der Waals surface area contributed by atoms with Crippen LogP contribution in [-0.2, 0) is 15.8 Å². The second kappa shape index (κ2) is 6.55. The molecule has 1 N–H and O–H groups in total. The van der Waals surface area contributed by atoms with E-state index in [0.717, 1.165) is 15.7 Å². The number of halogens is 1. The first-order chi connectivity index (χ1) is 11.0. The first-order valence-electron chi connectivity index (χ1n) is 6.87. The molecule has 2 aromatic carbocycles. The lowest BCUT2D eigenvalue weighted by Crippen LogP contribution is -2.15. The van der Waals surface area contributed by atoms with E-state index in [0.29, 0.717) is 5.69 Å². The number of sulfonamides is 1. The molecule has 0 spiro atoms. The van der Waals surface area contributed by atoms with Crippen LogP contribution in [0.3, 0.4) is 0 Å². The van der Waals surface area contributed by atoms with Crippen LogP contribution in [0.1, 0.15) is 5.56 Å². The number of rotatable bonds is 5. The second-order valence-corrected chi connectivity index (χ2v) is 7.63. The molecule has 0 fully saturated rings. The van der Waals surface area contributed by atoms with Crippen molar-refractivity contribution in [3.63, 3.8) is 0 Å². The lowest BCUT2D eigenvalue weighted by Gasteiger charge is -2.09. The molecule has 0 atom stereocenters. The van der Waals surface area contributed by atoms with Crippen LogP contribution in [-0.4, -0.2) is 18.2 Å². The number of hydrogen-bond donors (Lipinski definition) is 1. The van der Waals surface area contributed by atoms with E-state index >= 15 is 0 Å². The molecule has 0 aliphatic rings. The van der Waals surface area contributed by atoms with Crippen LogP contribution in [0.4, 0.5) is 5.69 Å². The highest BCUT2D eigenvalue weighted by Crippen LogP contribution is 2.17. The molecule has 118 valence electrons. The SMILES string of the molecule is O=S(=O)(Cc1ccccc1)Nc1ccc(-n2cc(Br)cn2)cc1. The van der Waals surface area contributed by atoms with Gasteiger partial charge < -0.3 is 0 Å². The standard InChI is InChI=1S/C16H14BrN3O2S/c17-14-10-18-20(11-14)16-8-6-15(7-9-16)19-23(21,22)12-13-4-2-1-3-5-13/h1-11,19H,12H2. The Labute approximate surface area is 143 Å². The van der Waals surface area contributed by atoms with Crippen LogP contribution < -0.4 is 4.72 Å². The molecule has 3 aromatic rings. The fourth-order valence-corrected chi connectivity index (χ4v) is 3.62. The minimum atomic E-state index is -3.44. The highest BCUT2D eigenvalue weighted by Gasteiger charge is 2.11. The predicted octanol–water partition coefficient (Wildman–Crippen LogP) is 3.58. The topological polar surface area (TPSA) is 64.0 Å². The zero-order chi connectivity index (χ0) is 16.3. The average molecular weight is 392 g/mol. The van der Waals surface area contributed by atoms with Gasteiger partial charge in [0.05, 0.1) is 22.1 Å².